The van der Waals surface area contributed by atoms with Gasteiger partial charge in [0.1, 0.15) is 0 Å². The number of piperidine rings is 1. The van der Waals surface area contributed by atoms with Crippen LogP contribution >= 0.6 is 0 Å². The molecule has 4 aromatic carbocycles. The molecule has 1 aliphatic carbocycles. The van der Waals surface area contributed by atoms with E-state index in [1.165, 1.54) is 32.7 Å². The Morgan fingerprint density at radius 3 is 2.31 bits per heavy atom. The second-order valence-electron chi connectivity index (χ2n) is 11.0. The Bertz CT molecular complexity index is 1460. The summed E-state index contributed by atoms with van der Waals surface area (Å²) in [5.41, 5.74) is 4.66. The second kappa shape index (κ2) is 8.51. The van der Waals surface area contributed by atoms with E-state index in [1.54, 1.807) is 0 Å². The number of anilines is 1. The van der Waals surface area contributed by atoms with Gasteiger partial charge in [-0.3, -0.25) is 4.79 Å². The molecule has 0 aromatic heterocycles. The standard InChI is InChI=1S/C33H32N2O/c1-21-15-17-35(18-16-21)33(36)24-13-14-30-29(20-24)27-11-6-12-28(27)32(34-30)31-25-9-4-2-7-22(25)19-23-8-3-5-10-26(23)31/h2-11,13-14,19-21,27-28,32,34H,12,15-18H2,1H3. The maximum atomic E-state index is 13.4. The molecule has 1 fully saturated rings. The van der Waals surface area contributed by atoms with E-state index in [0.717, 1.165) is 43.6 Å². The maximum Gasteiger partial charge on any atom is 0.253 e. The lowest BCUT2D eigenvalue weighted by molar-refractivity contribution is 0.0697. The molecule has 3 nitrogen and oxygen atoms in total. The topological polar surface area (TPSA) is 32.3 Å². The third kappa shape index (κ3) is 3.44. The molecule has 3 unspecified atom stereocenters. The first-order chi connectivity index (χ1) is 17.7. The Kier molecular flexibility index (Phi) is 5.13. The van der Waals surface area contributed by atoms with Crippen LogP contribution in [-0.4, -0.2) is 23.9 Å². The number of carbonyl (C=O) groups is 1. The van der Waals surface area contributed by atoms with E-state index in [2.05, 4.69) is 91.1 Å². The molecule has 0 saturated carbocycles. The average molecular weight is 473 g/mol. The zero-order valence-electron chi connectivity index (χ0n) is 20.8. The van der Waals surface area contributed by atoms with Crippen molar-refractivity contribution in [2.24, 2.45) is 11.8 Å². The van der Waals surface area contributed by atoms with Crippen molar-refractivity contribution >= 4 is 33.1 Å². The van der Waals surface area contributed by atoms with Crippen molar-refractivity contribution in [3.8, 4) is 0 Å². The smallest absolute Gasteiger partial charge is 0.253 e. The molecule has 3 heteroatoms. The summed E-state index contributed by atoms with van der Waals surface area (Å²) in [5.74, 6) is 1.64. The lowest BCUT2D eigenvalue weighted by Gasteiger charge is -2.39. The Hall–Kier alpha value is -3.59. The van der Waals surface area contributed by atoms with Gasteiger partial charge in [-0.1, -0.05) is 67.6 Å². The highest BCUT2D eigenvalue weighted by atomic mass is 16.2. The molecule has 3 aliphatic rings. The molecule has 1 N–H and O–H groups in total. The van der Waals surface area contributed by atoms with Crippen molar-refractivity contribution in [2.45, 2.75) is 38.1 Å². The molecule has 2 aliphatic heterocycles. The van der Waals surface area contributed by atoms with Crippen LogP contribution < -0.4 is 5.32 Å². The number of fused-ring (bicyclic) bond motifs is 5. The van der Waals surface area contributed by atoms with E-state index in [4.69, 9.17) is 0 Å². The van der Waals surface area contributed by atoms with Crippen molar-refractivity contribution in [1.82, 2.24) is 4.90 Å². The highest BCUT2D eigenvalue weighted by Crippen LogP contribution is 2.52. The number of amides is 1. The molecule has 0 radical (unpaired) electrons. The summed E-state index contributed by atoms with van der Waals surface area (Å²) in [5, 5.41) is 9.19. The molecule has 0 bridgehead atoms. The van der Waals surface area contributed by atoms with Crippen LogP contribution in [0.1, 0.15) is 59.6 Å². The summed E-state index contributed by atoms with van der Waals surface area (Å²) in [6.45, 7) is 4.03. The van der Waals surface area contributed by atoms with Crippen LogP contribution in [0.25, 0.3) is 21.5 Å². The number of nitrogens with zero attached hydrogens (tertiary/aromatic N) is 1. The van der Waals surface area contributed by atoms with Crippen molar-refractivity contribution in [2.75, 3.05) is 18.4 Å². The fourth-order valence-electron chi connectivity index (χ4n) is 6.79. The first-order valence-electron chi connectivity index (χ1n) is 13.4. The first kappa shape index (κ1) is 21.7. The van der Waals surface area contributed by atoms with E-state index in [9.17, 15) is 4.79 Å². The van der Waals surface area contributed by atoms with E-state index in [0.29, 0.717) is 17.8 Å². The Balaban J connectivity index is 1.31. The highest BCUT2D eigenvalue weighted by molar-refractivity contribution is 6.03. The van der Waals surface area contributed by atoms with E-state index in [-0.39, 0.29) is 11.9 Å². The predicted octanol–water partition coefficient (Wildman–Crippen LogP) is 7.69. The van der Waals surface area contributed by atoms with Gasteiger partial charge in [0.2, 0.25) is 0 Å². The zero-order chi connectivity index (χ0) is 24.2. The van der Waals surface area contributed by atoms with Crippen LogP contribution in [0, 0.1) is 11.8 Å². The van der Waals surface area contributed by atoms with Gasteiger partial charge in [0.15, 0.2) is 0 Å². The number of carbonyl (C=O) groups excluding carboxylic acids is 1. The van der Waals surface area contributed by atoms with E-state index < -0.39 is 0 Å². The molecule has 180 valence electrons. The molecule has 2 heterocycles. The van der Waals surface area contributed by atoms with E-state index in [1.807, 2.05) is 11.0 Å². The number of rotatable bonds is 2. The van der Waals surface area contributed by atoms with Crippen molar-refractivity contribution in [3.63, 3.8) is 0 Å². The third-order valence-corrected chi connectivity index (χ3v) is 8.80. The number of likely N-dealkylation sites (tertiary alicyclic amines) is 1. The normalized spacial score (nSPS) is 23.5. The van der Waals surface area contributed by atoms with Crippen molar-refractivity contribution < 1.29 is 4.79 Å². The van der Waals surface area contributed by atoms with Crippen molar-refractivity contribution in [3.05, 3.63) is 102 Å². The lowest BCUT2D eigenvalue weighted by Crippen LogP contribution is -2.38. The molecule has 4 aromatic rings. The number of benzene rings is 4. The van der Waals surface area contributed by atoms with Gasteiger partial charge in [0, 0.05) is 30.3 Å². The monoisotopic (exact) mass is 472 g/mol. The minimum absolute atomic E-state index is 0.186. The minimum atomic E-state index is 0.186. The second-order valence-corrected chi connectivity index (χ2v) is 11.0. The average Bonchev–Trinajstić information content (AvgIpc) is 3.42. The first-order valence-corrected chi connectivity index (χ1v) is 13.4. The van der Waals surface area contributed by atoms with Crippen LogP contribution in [-0.2, 0) is 0 Å². The van der Waals surface area contributed by atoms with Crippen molar-refractivity contribution in [1.29, 1.82) is 0 Å². The fraction of sp³-hybridized carbons (Fsp3) is 0.303. The molecule has 3 atom stereocenters. The van der Waals surface area contributed by atoms with Crippen LogP contribution in [0.4, 0.5) is 5.69 Å². The largest absolute Gasteiger partial charge is 0.378 e. The number of nitrogens with one attached hydrogen (secondary N) is 1. The van der Waals surface area contributed by atoms with Gasteiger partial charge in [0.05, 0.1) is 6.04 Å². The van der Waals surface area contributed by atoms with Crippen LogP contribution in [0.5, 0.6) is 0 Å². The summed E-state index contributed by atoms with van der Waals surface area (Å²) in [6, 6.07) is 26.4. The molecule has 36 heavy (non-hydrogen) atoms. The third-order valence-electron chi connectivity index (χ3n) is 8.80. The molecule has 0 spiro atoms. The summed E-state index contributed by atoms with van der Waals surface area (Å²) in [6.07, 6.45) is 7.97. The Labute approximate surface area is 212 Å². The van der Waals surface area contributed by atoms with E-state index >= 15 is 0 Å². The van der Waals surface area contributed by atoms with Crippen LogP contribution in [0.15, 0.2) is 84.9 Å². The Morgan fingerprint density at radius 1 is 0.889 bits per heavy atom. The van der Waals surface area contributed by atoms with Gasteiger partial charge in [-0.25, -0.2) is 0 Å². The molecule has 1 amide bonds. The predicted molar refractivity (Wildman–Crippen MR) is 149 cm³/mol. The molecular weight excluding hydrogens is 440 g/mol. The van der Waals surface area contributed by atoms with Crippen LogP contribution in [0.3, 0.4) is 0 Å². The van der Waals surface area contributed by atoms with Gasteiger partial charge >= 0.3 is 0 Å². The quantitative estimate of drug-likeness (QED) is 0.240. The summed E-state index contributed by atoms with van der Waals surface area (Å²) < 4.78 is 0. The molecule has 1 saturated heterocycles. The SMILES string of the molecule is CC1CCN(C(=O)c2ccc3c(c2)C2C=CCC2C(c2c4ccccc4cc4ccccc24)N3)CC1. The van der Waals surface area contributed by atoms with Gasteiger partial charge < -0.3 is 10.2 Å². The number of hydrogen-bond acceptors (Lipinski definition) is 2. The van der Waals surface area contributed by atoms with Crippen LogP contribution in [0.2, 0.25) is 0 Å². The van der Waals surface area contributed by atoms with Gasteiger partial charge in [-0.05, 0) is 88.0 Å². The highest BCUT2D eigenvalue weighted by Gasteiger charge is 2.39. The molecule has 7 rings (SSSR count). The lowest BCUT2D eigenvalue weighted by atomic mass is 9.74. The summed E-state index contributed by atoms with van der Waals surface area (Å²) in [4.78, 5) is 15.4. The summed E-state index contributed by atoms with van der Waals surface area (Å²) >= 11 is 0. The summed E-state index contributed by atoms with van der Waals surface area (Å²) in [7, 11) is 0. The minimum Gasteiger partial charge on any atom is -0.378 e. The van der Waals surface area contributed by atoms with Gasteiger partial charge in [-0.2, -0.15) is 0 Å². The van der Waals surface area contributed by atoms with Gasteiger partial charge in [0.25, 0.3) is 5.91 Å². The zero-order valence-corrected chi connectivity index (χ0v) is 20.8. The number of hydrogen-bond donors (Lipinski definition) is 1. The Morgan fingerprint density at radius 2 is 1.58 bits per heavy atom. The fourth-order valence-corrected chi connectivity index (χ4v) is 6.79. The molecular formula is C33H32N2O. The van der Waals surface area contributed by atoms with Gasteiger partial charge in [-0.15, -0.1) is 0 Å². The maximum absolute atomic E-state index is 13.4. The number of allylic oxidation sites excluding steroid dienone is 2.